The predicted octanol–water partition coefficient (Wildman–Crippen LogP) is 1.41. The first-order valence-corrected chi connectivity index (χ1v) is 12.1. The van der Waals surface area contributed by atoms with Crippen LogP contribution in [-0.2, 0) is 20.0 Å². The van der Waals surface area contributed by atoms with E-state index in [1.807, 2.05) is 6.07 Å². The zero-order valence-electron chi connectivity index (χ0n) is 16.7. The first kappa shape index (κ1) is 23.0. The van der Waals surface area contributed by atoms with Crippen LogP contribution >= 0.6 is 0 Å². The molecule has 0 aliphatic carbocycles. The largest absolute Gasteiger partial charge is 0.494 e. The molecule has 11 nitrogen and oxygen atoms in total. The van der Waals surface area contributed by atoms with Crippen LogP contribution in [0.2, 0.25) is 0 Å². The third-order valence-corrected chi connectivity index (χ3v) is 6.88. The van der Waals surface area contributed by atoms with Crippen molar-refractivity contribution in [1.82, 2.24) is 4.98 Å². The zero-order valence-corrected chi connectivity index (χ0v) is 18.3. The van der Waals surface area contributed by atoms with Gasteiger partial charge < -0.3 is 20.5 Å². The molecule has 13 heteroatoms. The maximum absolute atomic E-state index is 12.0. The number of pyridine rings is 1. The Labute approximate surface area is 175 Å². The van der Waals surface area contributed by atoms with E-state index in [2.05, 4.69) is 10.3 Å². The number of methoxy groups -OCH3 is 1. The maximum Gasteiger partial charge on any atom is 0.245 e. The molecule has 1 aromatic carbocycles. The van der Waals surface area contributed by atoms with Crippen molar-refractivity contribution in [3.63, 3.8) is 0 Å². The van der Waals surface area contributed by atoms with Gasteiger partial charge in [-0.2, -0.15) is 14.0 Å². The van der Waals surface area contributed by atoms with Crippen molar-refractivity contribution in [2.75, 3.05) is 41.0 Å². The molecule has 0 bridgehead atoms. The maximum atomic E-state index is 12.0. The van der Waals surface area contributed by atoms with Gasteiger partial charge >= 0.3 is 0 Å². The second-order valence-corrected chi connectivity index (χ2v) is 9.95. The van der Waals surface area contributed by atoms with Gasteiger partial charge in [0.05, 0.1) is 31.9 Å². The fraction of sp³-hybridized carbons (Fsp3) is 0.294. The summed E-state index contributed by atoms with van der Waals surface area (Å²) in [6.07, 6.45) is 1.55. The van der Waals surface area contributed by atoms with E-state index in [9.17, 15) is 22.1 Å². The predicted molar refractivity (Wildman–Crippen MR) is 113 cm³/mol. The summed E-state index contributed by atoms with van der Waals surface area (Å²) in [5.41, 5.74) is 6.37. The Hall–Kier alpha value is -3.24. The number of ether oxygens (including phenoxy) is 2. The molecule has 2 aromatic rings. The Kier molecular flexibility index (Phi) is 6.63. The molecule has 0 atom stereocenters. The highest BCUT2D eigenvalue weighted by atomic mass is 32.3. The van der Waals surface area contributed by atoms with Gasteiger partial charge in [-0.25, -0.2) is 16.8 Å². The van der Waals surface area contributed by atoms with Crippen LogP contribution < -0.4 is 24.2 Å². The topological polar surface area (TPSA) is 165 Å². The lowest BCUT2D eigenvalue weighted by atomic mass is 10.2. The van der Waals surface area contributed by atoms with E-state index < -0.39 is 20.0 Å². The second-order valence-electron chi connectivity index (χ2n) is 6.06. The van der Waals surface area contributed by atoms with E-state index in [0.29, 0.717) is 5.69 Å². The average molecular weight is 456 g/mol. The highest BCUT2D eigenvalue weighted by Crippen LogP contribution is 2.35. The first-order chi connectivity index (χ1) is 13.9. The summed E-state index contributed by atoms with van der Waals surface area (Å²) >= 11 is 0. The molecule has 0 radical (unpaired) electrons. The molecule has 1 aromatic heterocycles. The number of nitriles is 1. The lowest BCUT2D eigenvalue weighted by Crippen LogP contribution is -2.35. The minimum absolute atomic E-state index is 0.0116. The summed E-state index contributed by atoms with van der Waals surface area (Å²) in [6.45, 7) is 2.01. The molecule has 0 saturated heterocycles. The lowest BCUT2D eigenvalue weighted by molar-refractivity contribution is 0.326. The molecule has 2 rings (SSSR count). The van der Waals surface area contributed by atoms with Crippen molar-refractivity contribution in [2.45, 2.75) is 6.92 Å². The third-order valence-electron chi connectivity index (χ3n) is 3.66. The standard InChI is InChI=1S/C17H21N5O6S2/c1-5-28-17-12(10-18)13(19)9-16(21-17)20-11-6-7-14(15(8-11)27-2)22(29(3,23)24)30(4,25)26/h6-9H,5H2,1-4H3,(H3,19,20,21). The number of sulfonamides is 2. The number of hydrogen-bond acceptors (Lipinski definition) is 10. The van der Waals surface area contributed by atoms with E-state index in [1.165, 1.54) is 31.4 Å². The Bertz CT molecular complexity index is 1170. The number of nitrogens with zero attached hydrogens (tertiary/aromatic N) is 3. The van der Waals surface area contributed by atoms with Crippen LogP contribution in [0.3, 0.4) is 0 Å². The number of benzene rings is 1. The minimum atomic E-state index is -4.14. The summed E-state index contributed by atoms with van der Waals surface area (Å²) in [5.74, 6) is 0.307. The SMILES string of the molecule is CCOc1nc(Nc2ccc(N(S(C)(=O)=O)S(C)(=O)=O)c(OC)c2)cc(N)c1C#N. The van der Waals surface area contributed by atoms with E-state index in [-0.39, 0.29) is 44.7 Å². The zero-order chi connectivity index (χ0) is 22.7. The van der Waals surface area contributed by atoms with Crippen LogP contribution in [0.25, 0.3) is 0 Å². The molecule has 0 spiro atoms. The molecule has 0 unspecified atom stereocenters. The minimum Gasteiger partial charge on any atom is -0.494 e. The second kappa shape index (κ2) is 8.64. The Morgan fingerprint density at radius 3 is 2.33 bits per heavy atom. The van der Waals surface area contributed by atoms with Crippen molar-refractivity contribution in [1.29, 1.82) is 5.26 Å². The molecule has 0 saturated carbocycles. The van der Waals surface area contributed by atoms with Crippen LogP contribution in [0, 0.1) is 11.3 Å². The van der Waals surface area contributed by atoms with Gasteiger partial charge in [-0.1, -0.05) is 0 Å². The smallest absolute Gasteiger partial charge is 0.245 e. The Morgan fingerprint density at radius 2 is 1.83 bits per heavy atom. The number of nitrogen functional groups attached to an aromatic ring is 1. The number of nitrogens with one attached hydrogen (secondary N) is 1. The molecule has 0 fully saturated rings. The van der Waals surface area contributed by atoms with Crippen molar-refractivity contribution in [2.24, 2.45) is 0 Å². The average Bonchev–Trinajstić information content (AvgIpc) is 2.60. The number of anilines is 4. The van der Waals surface area contributed by atoms with Gasteiger partial charge in [0.15, 0.2) is 0 Å². The van der Waals surface area contributed by atoms with Gasteiger partial charge in [0.25, 0.3) is 0 Å². The Morgan fingerprint density at radius 1 is 1.20 bits per heavy atom. The fourth-order valence-corrected chi connectivity index (χ4v) is 5.60. The molecule has 162 valence electrons. The number of aromatic nitrogens is 1. The van der Waals surface area contributed by atoms with Crippen LogP contribution in [0.4, 0.5) is 22.9 Å². The van der Waals surface area contributed by atoms with Crippen molar-refractivity contribution in [3.8, 4) is 17.7 Å². The van der Waals surface area contributed by atoms with Gasteiger partial charge in [-0.15, -0.1) is 0 Å². The lowest BCUT2D eigenvalue weighted by Gasteiger charge is -2.22. The van der Waals surface area contributed by atoms with Crippen LogP contribution in [0.15, 0.2) is 24.3 Å². The summed E-state index contributed by atoms with van der Waals surface area (Å²) < 4.78 is 58.9. The van der Waals surface area contributed by atoms with Crippen molar-refractivity contribution < 1.29 is 26.3 Å². The summed E-state index contributed by atoms with van der Waals surface area (Å²) in [6, 6.07) is 7.48. The number of nitrogens with two attached hydrogens (primary N) is 1. The van der Waals surface area contributed by atoms with Gasteiger partial charge in [0.2, 0.25) is 25.9 Å². The highest BCUT2D eigenvalue weighted by Gasteiger charge is 2.30. The molecule has 0 amide bonds. The van der Waals surface area contributed by atoms with Gasteiger partial charge in [-0.3, -0.25) is 0 Å². The monoisotopic (exact) mass is 455 g/mol. The molecule has 1 heterocycles. The van der Waals surface area contributed by atoms with Gasteiger partial charge in [0.1, 0.15) is 28.9 Å². The first-order valence-electron chi connectivity index (χ1n) is 8.41. The molecule has 0 aliphatic rings. The van der Waals surface area contributed by atoms with E-state index in [4.69, 9.17) is 15.2 Å². The number of hydrogen-bond donors (Lipinski definition) is 2. The Balaban J connectivity index is 2.51. The van der Waals surface area contributed by atoms with Crippen LogP contribution in [0.5, 0.6) is 11.6 Å². The van der Waals surface area contributed by atoms with Crippen molar-refractivity contribution >= 4 is 42.9 Å². The summed E-state index contributed by atoms with van der Waals surface area (Å²) in [4.78, 5) is 4.20. The van der Waals surface area contributed by atoms with Gasteiger partial charge in [-0.05, 0) is 19.1 Å². The summed E-state index contributed by atoms with van der Waals surface area (Å²) in [7, 11) is -7.00. The van der Waals surface area contributed by atoms with Crippen molar-refractivity contribution in [3.05, 3.63) is 29.8 Å². The quantitative estimate of drug-likeness (QED) is 0.594. The van der Waals surface area contributed by atoms with E-state index >= 15 is 0 Å². The molecular formula is C17H21N5O6S2. The molecule has 0 aliphatic heterocycles. The third kappa shape index (κ3) is 5.02. The molecular weight excluding hydrogens is 434 g/mol. The van der Waals surface area contributed by atoms with Crippen LogP contribution in [-0.4, -0.2) is 48.0 Å². The molecule has 3 N–H and O–H groups in total. The van der Waals surface area contributed by atoms with E-state index in [0.717, 1.165) is 12.5 Å². The highest BCUT2D eigenvalue weighted by molar-refractivity contribution is 8.09. The fourth-order valence-electron chi connectivity index (χ4n) is 2.62. The number of rotatable bonds is 8. The van der Waals surface area contributed by atoms with Crippen LogP contribution in [0.1, 0.15) is 12.5 Å². The summed E-state index contributed by atoms with van der Waals surface area (Å²) in [5, 5.41) is 12.1. The molecule has 30 heavy (non-hydrogen) atoms. The van der Waals surface area contributed by atoms with Gasteiger partial charge in [0, 0.05) is 17.8 Å². The normalized spacial score (nSPS) is 11.4. The van der Waals surface area contributed by atoms with E-state index in [1.54, 1.807) is 6.92 Å².